The number of nitrogens with two attached hydrogens (primary N) is 1. The number of ether oxygens (including phenoxy) is 1. The highest BCUT2D eigenvalue weighted by Gasteiger charge is 2.08. The summed E-state index contributed by atoms with van der Waals surface area (Å²) in [5.41, 5.74) is 9.44. The number of Topliss-reactive ketones (excluding diaryl/α,β-unsaturated/α-hetero) is 6. The number of pyridine rings is 2. The lowest BCUT2D eigenvalue weighted by Crippen LogP contribution is -2.10. The Morgan fingerprint density at radius 3 is 1.41 bits per heavy atom. The summed E-state index contributed by atoms with van der Waals surface area (Å²) in [6.07, 6.45) is 13.6. The highest BCUT2D eigenvalue weighted by Crippen LogP contribution is 2.10. The standard InChI is InChI=1S/C14H16O2.C13H15NO2.C12H13NO2.C8H14N2O2.2C2H6/c1-11(14(16)9-8-12(2)15)10-13-6-4-3-5-7-13;1-10(13(16)7-6-11(2)15)9-12-5-3-4-8-14-12;1-10(14)5-7-12(15)8-6-11-4-2-3-9-13-11;1-6(5-8(9)10)7(11)3-4-12-2;2*1-2/h3-7,10H,8-9H2,1-2H3;3-5,8-9H,6-7H2,1-2H3;2-4,6,8-9H,5,7H2,1H3;5H,3-4H2,1-2H3,(H3,9,10);2*1-2H3/b11-10+;10-9+;8-6+;6-5+;;. The van der Waals surface area contributed by atoms with Gasteiger partial charge in [0.2, 0.25) is 0 Å². The van der Waals surface area contributed by atoms with Crippen molar-refractivity contribution in [3.05, 3.63) is 125 Å². The zero-order chi connectivity index (χ0) is 48.6. The Hall–Kier alpha value is -6.40. The third kappa shape index (κ3) is 37.1. The van der Waals surface area contributed by atoms with Crippen LogP contribution < -0.4 is 5.73 Å². The normalized spacial score (nSPS) is 10.6. The van der Waals surface area contributed by atoms with Crippen molar-refractivity contribution in [2.75, 3.05) is 13.7 Å². The Kier molecular flexibility index (Phi) is 38.4. The monoisotopic (exact) mass is 867 g/mol. The molecule has 0 aliphatic rings. The second kappa shape index (κ2) is 39.7. The predicted octanol–water partition coefficient (Wildman–Crippen LogP) is 10.0. The minimum Gasteiger partial charge on any atom is -0.384 e. The first kappa shape index (κ1) is 60.9. The van der Waals surface area contributed by atoms with Gasteiger partial charge in [0.15, 0.2) is 23.1 Å². The average molecular weight is 867 g/mol. The lowest BCUT2D eigenvalue weighted by Gasteiger charge is -1.99. The third-order valence-corrected chi connectivity index (χ3v) is 7.72. The topological polar surface area (TPSA) is 204 Å². The van der Waals surface area contributed by atoms with E-state index in [0.29, 0.717) is 55.4 Å². The molecule has 12 nitrogen and oxygen atoms in total. The van der Waals surface area contributed by atoms with Crippen molar-refractivity contribution >= 4 is 64.5 Å². The van der Waals surface area contributed by atoms with E-state index in [2.05, 4.69) is 9.97 Å². The SMILES string of the molecule is CC.CC.CC(=O)CCC(=O)/C(C)=C/c1ccccc1.CC(=O)CCC(=O)/C(C)=C/c1ccccn1.CC(=O)CCC(=O)/C=C/c1ccccn1.COCCC(=O)/C(C)=C/C(=N)N. The number of carbonyl (C=O) groups is 7. The molecule has 0 atom stereocenters. The molecule has 0 unspecified atom stereocenters. The van der Waals surface area contributed by atoms with Gasteiger partial charge in [-0.15, -0.1) is 0 Å². The first-order chi connectivity index (χ1) is 29.9. The van der Waals surface area contributed by atoms with Crippen LogP contribution >= 0.6 is 0 Å². The summed E-state index contributed by atoms with van der Waals surface area (Å²) in [6.45, 7) is 18.1. The molecule has 3 rings (SSSR count). The molecule has 3 N–H and O–H groups in total. The molecule has 0 radical (unpaired) electrons. The molecular formula is C51H70N4O8. The van der Waals surface area contributed by atoms with E-state index >= 15 is 0 Å². The lowest BCUT2D eigenvalue weighted by molar-refractivity contribution is -0.121. The van der Waals surface area contributed by atoms with Crippen molar-refractivity contribution in [2.24, 2.45) is 5.73 Å². The molecule has 2 heterocycles. The highest BCUT2D eigenvalue weighted by molar-refractivity contribution is 6.02. The number of benzene rings is 1. The van der Waals surface area contributed by atoms with Gasteiger partial charge in [-0.1, -0.05) is 70.2 Å². The van der Waals surface area contributed by atoms with Crippen molar-refractivity contribution in [3.63, 3.8) is 0 Å². The van der Waals surface area contributed by atoms with Crippen LogP contribution in [-0.4, -0.2) is 70.0 Å². The van der Waals surface area contributed by atoms with Crippen LogP contribution in [0, 0.1) is 5.41 Å². The van der Waals surface area contributed by atoms with E-state index in [-0.39, 0.29) is 59.2 Å². The number of hydrogen-bond acceptors (Lipinski definition) is 11. The number of rotatable bonds is 20. The molecule has 0 saturated carbocycles. The molecule has 3 aromatic rings. The van der Waals surface area contributed by atoms with Gasteiger partial charge in [0, 0.05) is 64.4 Å². The summed E-state index contributed by atoms with van der Waals surface area (Å²) in [5.74, 6) is -0.00416. The minimum atomic E-state index is -0.0988. The van der Waals surface area contributed by atoms with Gasteiger partial charge in [-0.3, -0.25) is 34.6 Å². The van der Waals surface area contributed by atoms with Gasteiger partial charge in [0.1, 0.15) is 23.2 Å². The summed E-state index contributed by atoms with van der Waals surface area (Å²) >= 11 is 0. The van der Waals surface area contributed by atoms with Gasteiger partial charge in [-0.05, 0) is 118 Å². The van der Waals surface area contributed by atoms with Gasteiger partial charge in [0.25, 0.3) is 0 Å². The number of methoxy groups -OCH3 is 1. The summed E-state index contributed by atoms with van der Waals surface area (Å²) in [7, 11) is 1.54. The van der Waals surface area contributed by atoms with Crippen LogP contribution in [0.1, 0.15) is 131 Å². The molecule has 2 aromatic heterocycles. The Morgan fingerprint density at radius 2 is 0.984 bits per heavy atom. The Labute approximate surface area is 375 Å². The van der Waals surface area contributed by atoms with Crippen molar-refractivity contribution in [1.29, 1.82) is 5.41 Å². The number of nitrogens with zero attached hydrogens (tertiary/aromatic N) is 2. The maximum atomic E-state index is 11.6. The first-order valence-electron chi connectivity index (χ1n) is 21.0. The Morgan fingerprint density at radius 1 is 0.556 bits per heavy atom. The Balaban J connectivity index is -0.000000745. The molecule has 342 valence electrons. The number of hydrogen-bond donors (Lipinski definition) is 2. The average Bonchev–Trinajstić information content (AvgIpc) is 3.27. The lowest BCUT2D eigenvalue weighted by atomic mass is 10.0. The molecule has 63 heavy (non-hydrogen) atoms. The van der Waals surface area contributed by atoms with E-state index in [4.69, 9.17) is 15.9 Å². The number of aromatic nitrogens is 2. The van der Waals surface area contributed by atoms with Gasteiger partial charge in [0.05, 0.1) is 18.0 Å². The summed E-state index contributed by atoms with van der Waals surface area (Å²) in [6, 6.07) is 20.7. The molecule has 0 fully saturated rings. The van der Waals surface area contributed by atoms with Crippen LogP contribution in [0.25, 0.3) is 18.2 Å². The number of ketones is 7. The fourth-order valence-electron chi connectivity index (χ4n) is 4.36. The summed E-state index contributed by atoms with van der Waals surface area (Å²) in [5, 5.41) is 6.91. The predicted molar refractivity (Wildman–Crippen MR) is 256 cm³/mol. The van der Waals surface area contributed by atoms with Gasteiger partial charge >= 0.3 is 0 Å². The van der Waals surface area contributed by atoms with E-state index < -0.39 is 0 Å². The molecule has 0 spiro atoms. The van der Waals surface area contributed by atoms with Gasteiger partial charge in [-0.2, -0.15) is 0 Å². The van der Waals surface area contributed by atoms with Crippen LogP contribution in [0.2, 0.25) is 0 Å². The van der Waals surface area contributed by atoms with Crippen molar-refractivity contribution < 1.29 is 38.3 Å². The number of allylic oxidation sites excluding steroid dienone is 4. The quantitative estimate of drug-likeness (QED) is 0.0621. The summed E-state index contributed by atoms with van der Waals surface area (Å²) in [4.78, 5) is 85.9. The van der Waals surface area contributed by atoms with E-state index in [1.165, 1.54) is 40.0 Å². The molecule has 1 aromatic carbocycles. The molecule has 0 saturated heterocycles. The van der Waals surface area contributed by atoms with Crippen molar-refractivity contribution in [2.45, 2.75) is 114 Å². The van der Waals surface area contributed by atoms with E-state index in [9.17, 15) is 33.6 Å². The molecular weight excluding hydrogens is 797 g/mol. The third-order valence-electron chi connectivity index (χ3n) is 7.72. The first-order valence-corrected chi connectivity index (χ1v) is 21.0. The Bertz CT molecular complexity index is 1870. The van der Waals surface area contributed by atoms with Gasteiger partial charge in [-0.25, -0.2) is 0 Å². The molecule has 0 bridgehead atoms. The number of carbonyl (C=O) groups excluding carboxylic acids is 7. The fraction of sp³-hybridized carbons (Fsp3) is 0.373. The van der Waals surface area contributed by atoms with E-state index in [0.717, 1.165) is 17.0 Å². The van der Waals surface area contributed by atoms with Crippen LogP contribution in [0.5, 0.6) is 0 Å². The summed E-state index contributed by atoms with van der Waals surface area (Å²) < 4.78 is 4.73. The van der Waals surface area contributed by atoms with Crippen molar-refractivity contribution in [3.8, 4) is 0 Å². The molecule has 0 amide bonds. The maximum Gasteiger partial charge on any atom is 0.161 e. The maximum absolute atomic E-state index is 11.6. The van der Waals surface area contributed by atoms with Crippen LogP contribution in [0.15, 0.2) is 108 Å². The van der Waals surface area contributed by atoms with Crippen LogP contribution in [-0.2, 0) is 38.3 Å². The minimum absolute atomic E-state index is 0.000790. The zero-order valence-corrected chi connectivity index (χ0v) is 39.3. The smallest absolute Gasteiger partial charge is 0.161 e. The highest BCUT2D eigenvalue weighted by atomic mass is 16.5. The fourth-order valence-corrected chi connectivity index (χ4v) is 4.36. The van der Waals surface area contributed by atoms with E-state index in [1.807, 2.05) is 101 Å². The molecule has 0 aliphatic carbocycles. The van der Waals surface area contributed by atoms with Crippen molar-refractivity contribution in [1.82, 2.24) is 9.97 Å². The molecule has 0 aliphatic heterocycles. The molecule has 12 heteroatoms. The van der Waals surface area contributed by atoms with Crippen LogP contribution in [0.3, 0.4) is 0 Å². The number of nitrogens with one attached hydrogen (secondary N) is 1. The van der Waals surface area contributed by atoms with Crippen LogP contribution in [0.4, 0.5) is 0 Å². The zero-order valence-electron chi connectivity index (χ0n) is 39.3. The van der Waals surface area contributed by atoms with Gasteiger partial charge < -0.3 is 24.9 Å². The second-order valence-electron chi connectivity index (χ2n) is 13.3. The number of amidine groups is 1. The van der Waals surface area contributed by atoms with E-state index in [1.54, 1.807) is 45.3 Å². The largest absolute Gasteiger partial charge is 0.384 e. The second-order valence-corrected chi connectivity index (χ2v) is 13.3.